The molecule has 88 valence electrons. The average molecular weight is 315 g/mol. The first-order valence-corrected chi connectivity index (χ1v) is 5.69. The van der Waals surface area contributed by atoms with E-state index in [1.54, 1.807) is 0 Å². The third-order valence-corrected chi connectivity index (χ3v) is 2.71. The highest BCUT2D eigenvalue weighted by molar-refractivity contribution is 9.08. The molecule has 16 heavy (non-hydrogen) atoms. The Kier molecular flexibility index (Phi) is 4.61. The first-order chi connectivity index (χ1) is 7.45. The summed E-state index contributed by atoms with van der Waals surface area (Å²) in [4.78, 5) is 14.3. The monoisotopic (exact) mass is 313 g/mol. The maximum atomic E-state index is 12.6. The van der Waals surface area contributed by atoms with Crippen molar-refractivity contribution in [3.8, 4) is 0 Å². The molecule has 0 bridgehead atoms. The first-order valence-electron chi connectivity index (χ1n) is 4.19. The molecule has 1 aromatic heterocycles. The lowest BCUT2D eigenvalue weighted by atomic mass is 10.1. The van der Waals surface area contributed by atoms with Gasteiger partial charge in [-0.1, -0.05) is 27.5 Å². The Bertz CT molecular complexity index is 415. The topological polar surface area (TPSA) is 50.2 Å². The van der Waals surface area contributed by atoms with Crippen LogP contribution in [0.2, 0.25) is 5.15 Å². The van der Waals surface area contributed by atoms with Crippen LogP contribution in [0.15, 0.2) is 6.07 Å². The van der Waals surface area contributed by atoms with Crippen LogP contribution in [0.3, 0.4) is 0 Å². The second-order valence-electron chi connectivity index (χ2n) is 2.98. The summed E-state index contributed by atoms with van der Waals surface area (Å²) in [5, 5.41) is 8.59. The SMILES string of the molecule is O=C(O)Cc1cc(CBr)nc(Cl)c1C(F)F. The fourth-order valence-corrected chi connectivity index (χ4v) is 1.84. The lowest BCUT2D eigenvalue weighted by Gasteiger charge is -2.10. The van der Waals surface area contributed by atoms with Crippen LogP contribution >= 0.6 is 27.5 Å². The van der Waals surface area contributed by atoms with Gasteiger partial charge in [0.05, 0.1) is 17.7 Å². The van der Waals surface area contributed by atoms with Gasteiger partial charge in [-0.2, -0.15) is 0 Å². The fraction of sp³-hybridized carbons (Fsp3) is 0.333. The molecule has 1 aromatic rings. The van der Waals surface area contributed by atoms with E-state index >= 15 is 0 Å². The van der Waals surface area contributed by atoms with Gasteiger partial charge in [-0.25, -0.2) is 13.8 Å². The number of nitrogens with zero attached hydrogens (tertiary/aromatic N) is 1. The molecule has 0 fully saturated rings. The Morgan fingerprint density at radius 1 is 1.62 bits per heavy atom. The zero-order valence-corrected chi connectivity index (χ0v) is 10.2. The summed E-state index contributed by atoms with van der Waals surface area (Å²) < 4.78 is 25.3. The van der Waals surface area contributed by atoms with Gasteiger partial charge in [0.15, 0.2) is 0 Å². The zero-order valence-electron chi connectivity index (χ0n) is 7.88. The van der Waals surface area contributed by atoms with Crippen LogP contribution < -0.4 is 0 Å². The maximum Gasteiger partial charge on any atom is 0.307 e. The minimum Gasteiger partial charge on any atom is -0.481 e. The van der Waals surface area contributed by atoms with Crippen LogP contribution in [-0.2, 0) is 16.5 Å². The minimum atomic E-state index is -2.83. The molecule has 1 N–H and O–H groups in total. The molecule has 0 atom stereocenters. The zero-order chi connectivity index (χ0) is 12.3. The number of alkyl halides is 3. The smallest absolute Gasteiger partial charge is 0.307 e. The highest BCUT2D eigenvalue weighted by Crippen LogP contribution is 2.30. The number of aliphatic carboxylic acids is 1. The number of rotatable bonds is 4. The molecular formula is C9H7BrClF2NO2. The van der Waals surface area contributed by atoms with E-state index < -0.39 is 24.4 Å². The second-order valence-corrected chi connectivity index (χ2v) is 3.90. The van der Waals surface area contributed by atoms with Gasteiger partial charge in [0, 0.05) is 5.33 Å². The van der Waals surface area contributed by atoms with E-state index in [-0.39, 0.29) is 10.7 Å². The number of hydrogen-bond donors (Lipinski definition) is 1. The Labute approximate surface area is 104 Å². The van der Waals surface area contributed by atoms with Crippen molar-refractivity contribution in [3.05, 3.63) is 28.0 Å². The van der Waals surface area contributed by atoms with Gasteiger partial charge < -0.3 is 5.11 Å². The van der Waals surface area contributed by atoms with Crippen molar-refractivity contribution in [2.45, 2.75) is 18.2 Å². The third-order valence-electron chi connectivity index (χ3n) is 1.85. The van der Waals surface area contributed by atoms with Gasteiger partial charge in [0.25, 0.3) is 6.43 Å². The van der Waals surface area contributed by atoms with E-state index in [1.807, 2.05) is 0 Å². The van der Waals surface area contributed by atoms with Crippen molar-refractivity contribution < 1.29 is 18.7 Å². The predicted molar refractivity (Wildman–Crippen MR) is 58.2 cm³/mol. The van der Waals surface area contributed by atoms with Gasteiger partial charge >= 0.3 is 5.97 Å². The van der Waals surface area contributed by atoms with Crippen LogP contribution in [0.4, 0.5) is 8.78 Å². The van der Waals surface area contributed by atoms with E-state index in [1.165, 1.54) is 6.07 Å². The van der Waals surface area contributed by atoms with Gasteiger partial charge in [0.2, 0.25) is 0 Å². The average Bonchev–Trinajstić information content (AvgIpc) is 2.14. The first kappa shape index (κ1) is 13.3. The predicted octanol–water partition coefficient (Wildman–Crippen LogP) is 3.19. The number of carboxylic acids is 1. The Balaban J connectivity index is 3.28. The Hall–Kier alpha value is -0.750. The highest BCUT2D eigenvalue weighted by Gasteiger charge is 2.20. The van der Waals surface area contributed by atoms with E-state index in [2.05, 4.69) is 20.9 Å². The summed E-state index contributed by atoms with van der Waals surface area (Å²) >= 11 is 8.68. The Morgan fingerprint density at radius 2 is 2.25 bits per heavy atom. The van der Waals surface area contributed by atoms with Crippen LogP contribution in [0.5, 0.6) is 0 Å². The molecule has 1 rings (SSSR count). The van der Waals surface area contributed by atoms with Crippen molar-refractivity contribution in [1.29, 1.82) is 0 Å². The molecule has 0 aliphatic carbocycles. The molecule has 0 radical (unpaired) electrons. The molecule has 0 saturated carbocycles. The molecule has 0 unspecified atom stereocenters. The van der Waals surface area contributed by atoms with Crippen molar-refractivity contribution in [2.75, 3.05) is 0 Å². The van der Waals surface area contributed by atoms with Gasteiger partial charge in [-0.3, -0.25) is 4.79 Å². The number of halogens is 4. The van der Waals surface area contributed by atoms with Crippen LogP contribution in [0, 0.1) is 0 Å². The second kappa shape index (κ2) is 5.54. The highest BCUT2D eigenvalue weighted by atomic mass is 79.9. The van der Waals surface area contributed by atoms with Crippen LogP contribution in [0.25, 0.3) is 0 Å². The molecule has 0 saturated heterocycles. The molecular weight excluding hydrogens is 307 g/mol. The Morgan fingerprint density at radius 3 is 2.69 bits per heavy atom. The van der Waals surface area contributed by atoms with Crippen molar-refractivity contribution in [2.24, 2.45) is 0 Å². The fourth-order valence-electron chi connectivity index (χ4n) is 1.24. The molecule has 0 spiro atoms. The van der Waals surface area contributed by atoms with Gasteiger partial charge in [-0.15, -0.1) is 0 Å². The van der Waals surface area contributed by atoms with Crippen LogP contribution in [0.1, 0.15) is 23.2 Å². The quantitative estimate of drug-likeness (QED) is 0.686. The standard InChI is InChI=1S/C9H7BrClF2NO2/c10-3-5-1-4(2-6(15)16)7(9(12)13)8(11)14-5/h1,9H,2-3H2,(H,15,16). The molecule has 0 aromatic carbocycles. The van der Waals surface area contributed by atoms with Crippen LogP contribution in [-0.4, -0.2) is 16.1 Å². The summed E-state index contributed by atoms with van der Waals surface area (Å²) in [7, 11) is 0. The number of aromatic nitrogens is 1. The number of carboxylic acid groups (broad SMARTS) is 1. The summed E-state index contributed by atoms with van der Waals surface area (Å²) in [6, 6.07) is 1.32. The van der Waals surface area contributed by atoms with Gasteiger partial charge in [-0.05, 0) is 11.6 Å². The summed E-state index contributed by atoms with van der Waals surface area (Å²) in [6.45, 7) is 0. The van der Waals surface area contributed by atoms with E-state index in [9.17, 15) is 13.6 Å². The largest absolute Gasteiger partial charge is 0.481 e. The van der Waals surface area contributed by atoms with E-state index in [0.29, 0.717) is 11.0 Å². The third kappa shape index (κ3) is 3.12. The molecule has 0 aliphatic heterocycles. The van der Waals surface area contributed by atoms with Crippen molar-refractivity contribution in [3.63, 3.8) is 0 Å². The van der Waals surface area contributed by atoms with Crippen molar-refractivity contribution in [1.82, 2.24) is 4.98 Å². The van der Waals surface area contributed by atoms with Gasteiger partial charge in [0.1, 0.15) is 5.15 Å². The normalized spacial score (nSPS) is 10.8. The minimum absolute atomic E-state index is 0.00282. The molecule has 0 amide bonds. The lowest BCUT2D eigenvalue weighted by Crippen LogP contribution is -2.07. The van der Waals surface area contributed by atoms with E-state index in [0.717, 1.165) is 0 Å². The maximum absolute atomic E-state index is 12.6. The lowest BCUT2D eigenvalue weighted by molar-refractivity contribution is -0.136. The number of hydrogen-bond acceptors (Lipinski definition) is 2. The number of carbonyl (C=O) groups is 1. The molecule has 3 nitrogen and oxygen atoms in total. The molecule has 0 aliphatic rings. The summed E-state index contributed by atoms with van der Waals surface area (Å²) in [5.74, 6) is -1.19. The van der Waals surface area contributed by atoms with E-state index in [4.69, 9.17) is 16.7 Å². The summed E-state index contributed by atoms with van der Waals surface area (Å²) in [6.07, 6.45) is -3.33. The molecule has 7 heteroatoms. The molecule has 1 heterocycles. The van der Waals surface area contributed by atoms with Crippen molar-refractivity contribution >= 4 is 33.5 Å². The summed E-state index contributed by atoms with van der Waals surface area (Å²) in [5.41, 5.74) is -0.0867. The number of pyridine rings is 1.